The number of amides is 2. The van der Waals surface area contributed by atoms with Gasteiger partial charge in [0, 0.05) is 29.9 Å². The number of rotatable bonds is 11. The van der Waals surface area contributed by atoms with Crippen LogP contribution in [-0.2, 0) is 11.0 Å². The number of anilines is 2. The van der Waals surface area contributed by atoms with Crippen LogP contribution in [0.4, 0.5) is 24.0 Å². The van der Waals surface area contributed by atoms with Crippen LogP contribution in [0.25, 0.3) is 11.3 Å². The van der Waals surface area contributed by atoms with Crippen LogP contribution in [0, 0.1) is 0 Å². The number of pyridine rings is 1. The molecule has 36 heavy (non-hydrogen) atoms. The lowest BCUT2D eigenvalue weighted by Gasteiger charge is -2.15. The van der Waals surface area contributed by atoms with Gasteiger partial charge in [0.15, 0.2) is 5.13 Å². The van der Waals surface area contributed by atoms with E-state index in [0.29, 0.717) is 22.8 Å². The monoisotopic (exact) mass is 521 g/mol. The molecular weight excluding hydrogens is 495 g/mol. The maximum absolute atomic E-state index is 13.6. The van der Waals surface area contributed by atoms with Crippen molar-refractivity contribution in [3.63, 3.8) is 0 Å². The number of carbonyl (C=O) groups is 2. The third kappa shape index (κ3) is 7.17. The van der Waals surface area contributed by atoms with E-state index in [1.165, 1.54) is 42.8 Å². The molecule has 2 heterocycles. The minimum atomic E-state index is -4.57. The second kappa shape index (κ2) is 11.8. The standard InChI is InChI=1S/C24H26F3N5O3S/c1-3-4-5-10-35-20-9-7-16(11-17(20)24(25,26)27)30-23-31-19(14-36-23)15-6-8-18(29-12-15)22(34)32(2)13-21(28)33/h6-9,11-12,14H,3-5,10,13H2,1-2H3,(H2,28,33)(H,30,31). The number of primary amides is 1. The Labute approximate surface area is 210 Å². The molecule has 3 rings (SSSR count). The van der Waals surface area contributed by atoms with Crippen molar-refractivity contribution in [1.29, 1.82) is 0 Å². The number of likely N-dealkylation sites (N-methyl/N-ethyl adjacent to an activating group) is 1. The fourth-order valence-corrected chi connectivity index (χ4v) is 3.99. The molecule has 0 aliphatic carbocycles. The molecule has 0 bridgehead atoms. The molecule has 0 saturated carbocycles. The number of thiazole rings is 1. The number of unbranched alkanes of at least 4 members (excludes halogenated alkanes) is 2. The summed E-state index contributed by atoms with van der Waals surface area (Å²) in [7, 11) is 1.44. The number of halogens is 3. The SMILES string of the molecule is CCCCCOc1ccc(Nc2nc(-c3ccc(C(=O)N(C)CC(N)=O)nc3)cs2)cc1C(F)(F)F. The first kappa shape index (κ1) is 26.9. The molecule has 8 nitrogen and oxygen atoms in total. The molecule has 0 radical (unpaired) electrons. The second-order valence-electron chi connectivity index (χ2n) is 7.99. The third-order valence-electron chi connectivity index (χ3n) is 5.06. The van der Waals surface area contributed by atoms with Gasteiger partial charge in [-0.05, 0) is 36.8 Å². The lowest BCUT2D eigenvalue weighted by atomic mass is 10.1. The summed E-state index contributed by atoms with van der Waals surface area (Å²) in [6.07, 6.45) is -0.600. The molecule has 0 spiro atoms. The smallest absolute Gasteiger partial charge is 0.420 e. The summed E-state index contributed by atoms with van der Waals surface area (Å²) in [4.78, 5) is 33.0. The number of nitrogens with one attached hydrogen (secondary N) is 1. The van der Waals surface area contributed by atoms with E-state index in [2.05, 4.69) is 15.3 Å². The summed E-state index contributed by atoms with van der Waals surface area (Å²) in [5, 5.41) is 5.00. The van der Waals surface area contributed by atoms with E-state index in [0.717, 1.165) is 23.8 Å². The average molecular weight is 522 g/mol. The minimum Gasteiger partial charge on any atom is -0.493 e. The molecule has 0 aliphatic rings. The Balaban J connectivity index is 1.71. The van der Waals surface area contributed by atoms with Gasteiger partial charge in [0.25, 0.3) is 5.91 Å². The number of benzene rings is 1. The van der Waals surface area contributed by atoms with Crippen LogP contribution in [0.2, 0.25) is 0 Å². The molecule has 0 unspecified atom stereocenters. The topological polar surface area (TPSA) is 110 Å². The number of hydrogen-bond acceptors (Lipinski definition) is 7. The molecule has 0 atom stereocenters. The van der Waals surface area contributed by atoms with E-state index in [-0.39, 0.29) is 30.3 Å². The molecule has 3 aromatic rings. The van der Waals surface area contributed by atoms with Crippen molar-refractivity contribution in [1.82, 2.24) is 14.9 Å². The number of nitrogens with zero attached hydrogens (tertiary/aromatic N) is 3. The van der Waals surface area contributed by atoms with Crippen molar-refractivity contribution in [3.8, 4) is 17.0 Å². The Morgan fingerprint density at radius 1 is 1.19 bits per heavy atom. The van der Waals surface area contributed by atoms with Crippen molar-refractivity contribution >= 4 is 34.0 Å². The van der Waals surface area contributed by atoms with Gasteiger partial charge in [-0.1, -0.05) is 19.8 Å². The Bertz CT molecular complexity index is 1200. The summed E-state index contributed by atoms with van der Waals surface area (Å²) < 4.78 is 46.2. The molecule has 192 valence electrons. The van der Waals surface area contributed by atoms with Crippen molar-refractivity contribution in [3.05, 3.63) is 53.2 Å². The van der Waals surface area contributed by atoms with Crippen molar-refractivity contribution in [2.24, 2.45) is 5.73 Å². The number of alkyl halides is 3. The predicted octanol–water partition coefficient (Wildman–Crippen LogP) is 5.09. The molecule has 2 amide bonds. The van der Waals surface area contributed by atoms with Gasteiger partial charge >= 0.3 is 6.18 Å². The van der Waals surface area contributed by atoms with Crippen LogP contribution < -0.4 is 15.8 Å². The molecule has 1 aromatic carbocycles. The average Bonchev–Trinajstić information content (AvgIpc) is 3.29. The Morgan fingerprint density at radius 3 is 2.61 bits per heavy atom. The van der Waals surface area contributed by atoms with Crippen molar-refractivity contribution in [2.75, 3.05) is 25.5 Å². The predicted molar refractivity (Wildman–Crippen MR) is 131 cm³/mol. The zero-order valence-corrected chi connectivity index (χ0v) is 20.6. The summed E-state index contributed by atoms with van der Waals surface area (Å²) in [6, 6.07) is 6.96. The van der Waals surface area contributed by atoms with Gasteiger partial charge < -0.3 is 20.7 Å². The first-order chi connectivity index (χ1) is 17.1. The third-order valence-corrected chi connectivity index (χ3v) is 5.82. The number of hydrogen-bond donors (Lipinski definition) is 2. The highest BCUT2D eigenvalue weighted by Gasteiger charge is 2.34. The van der Waals surface area contributed by atoms with E-state index in [1.54, 1.807) is 11.4 Å². The highest BCUT2D eigenvalue weighted by molar-refractivity contribution is 7.14. The Morgan fingerprint density at radius 2 is 1.97 bits per heavy atom. The van der Waals surface area contributed by atoms with Gasteiger partial charge in [-0.2, -0.15) is 13.2 Å². The van der Waals surface area contributed by atoms with Crippen LogP contribution in [0.3, 0.4) is 0 Å². The van der Waals surface area contributed by atoms with Gasteiger partial charge in [0.2, 0.25) is 5.91 Å². The van der Waals surface area contributed by atoms with E-state index in [1.807, 2.05) is 6.92 Å². The lowest BCUT2D eigenvalue weighted by Crippen LogP contribution is -2.35. The molecular formula is C24H26F3N5O3S. The summed E-state index contributed by atoms with van der Waals surface area (Å²) in [5.74, 6) is -1.30. The largest absolute Gasteiger partial charge is 0.493 e. The minimum absolute atomic E-state index is 0.132. The van der Waals surface area contributed by atoms with Gasteiger partial charge in [0.1, 0.15) is 11.4 Å². The highest BCUT2D eigenvalue weighted by atomic mass is 32.1. The van der Waals surface area contributed by atoms with E-state index >= 15 is 0 Å². The van der Waals surface area contributed by atoms with Gasteiger partial charge in [0.05, 0.1) is 24.4 Å². The van der Waals surface area contributed by atoms with Crippen molar-refractivity contribution < 1.29 is 27.5 Å². The van der Waals surface area contributed by atoms with Crippen LogP contribution in [0.5, 0.6) is 5.75 Å². The quantitative estimate of drug-likeness (QED) is 0.340. The van der Waals surface area contributed by atoms with Crippen LogP contribution in [0.1, 0.15) is 42.2 Å². The molecule has 3 N–H and O–H groups in total. The zero-order valence-electron chi connectivity index (χ0n) is 19.8. The van der Waals surface area contributed by atoms with Crippen LogP contribution >= 0.6 is 11.3 Å². The number of nitrogens with two attached hydrogens (primary N) is 1. The van der Waals surface area contributed by atoms with Gasteiger partial charge in [-0.25, -0.2) is 4.98 Å². The summed E-state index contributed by atoms with van der Waals surface area (Å²) in [6.45, 7) is 2.00. The number of aromatic nitrogens is 2. The van der Waals surface area contributed by atoms with E-state index in [4.69, 9.17) is 10.5 Å². The molecule has 0 aliphatic heterocycles. The fraction of sp³-hybridized carbons (Fsp3) is 0.333. The number of carbonyl (C=O) groups excluding carboxylic acids is 2. The molecule has 0 saturated heterocycles. The first-order valence-corrected chi connectivity index (χ1v) is 12.0. The number of ether oxygens (including phenoxy) is 1. The maximum atomic E-state index is 13.6. The van der Waals surface area contributed by atoms with E-state index < -0.39 is 23.6 Å². The van der Waals surface area contributed by atoms with Gasteiger partial charge in [-0.15, -0.1) is 11.3 Å². The zero-order chi connectivity index (χ0) is 26.3. The molecule has 2 aromatic heterocycles. The lowest BCUT2D eigenvalue weighted by molar-refractivity contribution is -0.138. The normalized spacial score (nSPS) is 11.2. The van der Waals surface area contributed by atoms with Crippen LogP contribution in [0.15, 0.2) is 41.9 Å². The molecule has 12 heteroatoms. The van der Waals surface area contributed by atoms with Crippen molar-refractivity contribution in [2.45, 2.75) is 32.4 Å². The Kier molecular flexibility index (Phi) is 8.86. The fourth-order valence-electron chi connectivity index (χ4n) is 3.25. The van der Waals surface area contributed by atoms with E-state index in [9.17, 15) is 22.8 Å². The first-order valence-electron chi connectivity index (χ1n) is 11.1. The summed E-state index contributed by atoms with van der Waals surface area (Å²) in [5.41, 5.74) is 5.75. The highest BCUT2D eigenvalue weighted by Crippen LogP contribution is 2.39. The molecule has 0 fully saturated rings. The van der Waals surface area contributed by atoms with Gasteiger partial charge in [-0.3, -0.25) is 14.6 Å². The summed E-state index contributed by atoms with van der Waals surface area (Å²) >= 11 is 1.21. The second-order valence-corrected chi connectivity index (χ2v) is 8.84. The maximum Gasteiger partial charge on any atom is 0.420 e. The van der Waals surface area contributed by atoms with Crippen LogP contribution in [-0.4, -0.2) is 46.9 Å². The Hall–Kier alpha value is -3.67.